The SMILES string of the molecule is O=C1c2oc3ccccc3c(=O)c2[C@@H](c2ccc([N+](=O)[O-])cc2)N1Cc1ccco1. The Kier molecular flexibility index (Phi) is 3.99. The number of furan rings is 1. The third-order valence-corrected chi connectivity index (χ3v) is 5.20. The number of nitro benzene ring substituents is 1. The number of hydrogen-bond acceptors (Lipinski definition) is 6. The summed E-state index contributed by atoms with van der Waals surface area (Å²) in [5.74, 6) is 0.0845. The fraction of sp³-hybridized carbons (Fsp3) is 0.0909. The van der Waals surface area contributed by atoms with Gasteiger partial charge in [-0.05, 0) is 42.0 Å². The maximum atomic E-state index is 13.3. The molecule has 1 amide bonds. The zero-order chi connectivity index (χ0) is 20.8. The Morgan fingerprint density at radius 1 is 1.00 bits per heavy atom. The summed E-state index contributed by atoms with van der Waals surface area (Å²) < 4.78 is 11.2. The van der Waals surface area contributed by atoms with Crippen LogP contribution >= 0.6 is 0 Å². The van der Waals surface area contributed by atoms with Gasteiger partial charge >= 0.3 is 0 Å². The van der Waals surface area contributed by atoms with Crippen molar-refractivity contribution in [1.29, 1.82) is 0 Å². The van der Waals surface area contributed by atoms with Crippen LogP contribution in [0.3, 0.4) is 0 Å². The van der Waals surface area contributed by atoms with Crippen LogP contribution in [-0.2, 0) is 6.54 Å². The second-order valence-corrected chi connectivity index (χ2v) is 6.93. The van der Waals surface area contributed by atoms with Gasteiger partial charge in [-0.25, -0.2) is 0 Å². The highest BCUT2D eigenvalue weighted by Crippen LogP contribution is 2.39. The quantitative estimate of drug-likeness (QED) is 0.377. The first-order valence-corrected chi connectivity index (χ1v) is 9.18. The van der Waals surface area contributed by atoms with Crippen LogP contribution < -0.4 is 5.43 Å². The molecule has 3 heterocycles. The number of benzene rings is 2. The van der Waals surface area contributed by atoms with E-state index in [9.17, 15) is 19.7 Å². The van der Waals surface area contributed by atoms with Crippen LogP contribution in [0.15, 0.2) is 80.6 Å². The lowest BCUT2D eigenvalue weighted by atomic mass is 9.98. The van der Waals surface area contributed by atoms with E-state index in [0.29, 0.717) is 22.3 Å². The number of para-hydroxylation sites is 1. The molecule has 1 atom stereocenters. The molecule has 0 aliphatic carbocycles. The number of carbonyl (C=O) groups excluding carboxylic acids is 1. The molecule has 0 saturated carbocycles. The minimum absolute atomic E-state index is 0.0198. The highest BCUT2D eigenvalue weighted by atomic mass is 16.6. The van der Waals surface area contributed by atoms with Gasteiger partial charge in [-0.3, -0.25) is 19.7 Å². The van der Waals surface area contributed by atoms with Gasteiger partial charge in [0.25, 0.3) is 11.6 Å². The van der Waals surface area contributed by atoms with E-state index >= 15 is 0 Å². The molecule has 1 aliphatic rings. The van der Waals surface area contributed by atoms with E-state index < -0.39 is 16.9 Å². The van der Waals surface area contributed by atoms with Gasteiger partial charge < -0.3 is 13.7 Å². The summed E-state index contributed by atoms with van der Waals surface area (Å²) in [5, 5.41) is 11.4. The summed E-state index contributed by atoms with van der Waals surface area (Å²) in [6.07, 6.45) is 1.50. The molecular weight excluding hydrogens is 388 g/mol. The summed E-state index contributed by atoms with van der Waals surface area (Å²) >= 11 is 0. The maximum Gasteiger partial charge on any atom is 0.291 e. The highest BCUT2D eigenvalue weighted by Gasteiger charge is 2.43. The summed E-state index contributed by atoms with van der Waals surface area (Å²) in [5.41, 5.74) is 0.745. The molecule has 0 N–H and O–H groups in total. The minimum atomic E-state index is -0.751. The van der Waals surface area contributed by atoms with E-state index in [2.05, 4.69) is 0 Å². The molecule has 0 fully saturated rings. The average Bonchev–Trinajstić information content (AvgIpc) is 3.36. The Bertz CT molecular complexity index is 1340. The van der Waals surface area contributed by atoms with Gasteiger partial charge in [-0.2, -0.15) is 0 Å². The van der Waals surface area contributed by atoms with Crippen molar-refractivity contribution >= 4 is 22.6 Å². The first-order chi connectivity index (χ1) is 14.5. The van der Waals surface area contributed by atoms with Crippen LogP contribution in [0.2, 0.25) is 0 Å². The highest BCUT2D eigenvalue weighted by molar-refractivity contribution is 5.99. The number of nitrogens with zero attached hydrogens (tertiary/aromatic N) is 2. The molecule has 5 rings (SSSR count). The van der Waals surface area contributed by atoms with Crippen molar-refractivity contribution in [2.75, 3.05) is 0 Å². The van der Waals surface area contributed by atoms with Gasteiger partial charge in [0, 0.05) is 12.1 Å². The Balaban J connectivity index is 1.72. The van der Waals surface area contributed by atoms with Crippen molar-refractivity contribution in [3.63, 3.8) is 0 Å². The molecule has 1 aliphatic heterocycles. The second kappa shape index (κ2) is 6.70. The largest absolute Gasteiger partial charge is 0.467 e. The van der Waals surface area contributed by atoms with Crippen molar-refractivity contribution in [2.24, 2.45) is 0 Å². The zero-order valence-corrected chi connectivity index (χ0v) is 15.5. The van der Waals surface area contributed by atoms with Crippen molar-refractivity contribution in [3.05, 3.63) is 110 Å². The fourth-order valence-electron chi connectivity index (χ4n) is 3.83. The molecule has 0 spiro atoms. The third kappa shape index (κ3) is 2.69. The molecule has 0 radical (unpaired) electrons. The third-order valence-electron chi connectivity index (χ3n) is 5.20. The number of carbonyl (C=O) groups is 1. The number of hydrogen-bond donors (Lipinski definition) is 0. The number of fused-ring (bicyclic) bond motifs is 2. The predicted octanol–water partition coefficient (Wildman–Crippen LogP) is 4.04. The molecular formula is C22H14N2O6. The van der Waals surface area contributed by atoms with E-state index in [1.807, 2.05) is 0 Å². The van der Waals surface area contributed by atoms with Gasteiger partial charge in [0.2, 0.25) is 5.76 Å². The van der Waals surface area contributed by atoms with Crippen LogP contribution in [0.1, 0.15) is 33.5 Å². The topological polar surface area (TPSA) is 107 Å². The lowest BCUT2D eigenvalue weighted by molar-refractivity contribution is -0.384. The summed E-state index contributed by atoms with van der Waals surface area (Å²) in [6, 6.07) is 15.2. The number of rotatable bonds is 4. The van der Waals surface area contributed by atoms with Crippen LogP contribution in [0.25, 0.3) is 11.0 Å². The lowest BCUT2D eigenvalue weighted by Gasteiger charge is -2.24. The number of non-ortho nitro benzene ring substituents is 1. The first kappa shape index (κ1) is 17.9. The van der Waals surface area contributed by atoms with Crippen molar-refractivity contribution in [1.82, 2.24) is 4.90 Å². The van der Waals surface area contributed by atoms with E-state index in [-0.39, 0.29) is 29.0 Å². The molecule has 0 saturated heterocycles. The number of nitro groups is 1. The van der Waals surface area contributed by atoms with Crippen molar-refractivity contribution in [3.8, 4) is 0 Å². The van der Waals surface area contributed by atoms with Crippen LogP contribution in [-0.4, -0.2) is 15.7 Å². The van der Waals surface area contributed by atoms with Gasteiger partial charge in [-0.15, -0.1) is 0 Å². The molecule has 148 valence electrons. The summed E-state index contributed by atoms with van der Waals surface area (Å²) in [6.45, 7) is 0.119. The molecule has 2 aromatic heterocycles. The second-order valence-electron chi connectivity index (χ2n) is 6.93. The van der Waals surface area contributed by atoms with Crippen LogP contribution in [0.4, 0.5) is 5.69 Å². The first-order valence-electron chi connectivity index (χ1n) is 9.18. The molecule has 8 nitrogen and oxygen atoms in total. The van der Waals surface area contributed by atoms with Crippen molar-refractivity contribution < 1.29 is 18.6 Å². The summed E-state index contributed by atoms with van der Waals surface area (Å²) in [4.78, 5) is 38.5. The van der Waals surface area contributed by atoms with Crippen LogP contribution in [0.5, 0.6) is 0 Å². The zero-order valence-electron chi connectivity index (χ0n) is 15.5. The van der Waals surface area contributed by atoms with Crippen LogP contribution in [0, 0.1) is 10.1 Å². The fourth-order valence-corrected chi connectivity index (χ4v) is 3.83. The molecule has 4 aromatic rings. The van der Waals surface area contributed by atoms with Gasteiger partial charge in [-0.1, -0.05) is 12.1 Å². The Morgan fingerprint density at radius 3 is 2.47 bits per heavy atom. The Hall–Kier alpha value is -4.20. The lowest BCUT2D eigenvalue weighted by Crippen LogP contribution is -2.29. The smallest absolute Gasteiger partial charge is 0.291 e. The van der Waals surface area contributed by atoms with Gasteiger partial charge in [0.1, 0.15) is 11.3 Å². The molecule has 2 aromatic carbocycles. The van der Waals surface area contributed by atoms with Gasteiger partial charge in [0.05, 0.1) is 34.7 Å². The normalized spacial score (nSPS) is 15.5. The van der Waals surface area contributed by atoms with E-state index in [0.717, 1.165) is 0 Å². The standard InChI is InChI=1S/C22H14N2O6/c25-20-16-5-1-2-6-17(16)30-21-18(20)19(13-7-9-14(10-8-13)24(27)28)23(22(21)26)12-15-4-3-11-29-15/h1-11,19H,12H2/t19-/m1/s1. The Morgan fingerprint density at radius 2 is 1.77 bits per heavy atom. The van der Waals surface area contributed by atoms with E-state index in [1.54, 1.807) is 48.5 Å². The monoisotopic (exact) mass is 402 g/mol. The molecule has 0 unspecified atom stereocenters. The van der Waals surface area contributed by atoms with Gasteiger partial charge in [0.15, 0.2) is 5.43 Å². The molecule has 0 bridgehead atoms. The Labute approximate surface area is 169 Å². The van der Waals surface area contributed by atoms with E-state index in [1.165, 1.54) is 23.3 Å². The molecule has 30 heavy (non-hydrogen) atoms. The van der Waals surface area contributed by atoms with Crippen molar-refractivity contribution in [2.45, 2.75) is 12.6 Å². The minimum Gasteiger partial charge on any atom is -0.467 e. The van der Waals surface area contributed by atoms with E-state index in [4.69, 9.17) is 8.83 Å². The average molecular weight is 402 g/mol. The number of amides is 1. The summed E-state index contributed by atoms with van der Waals surface area (Å²) in [7, 11) is 0. The molecule has 8 heteroatoms. The predicted molar refractivity (Wildman–Crippen MR) is 106 cm³/mol. The maximum absolute atomic E-state index is 13.3.